The zero-order valence-electron chi connectivity index (χ0n) is 12.0. The molecular formula is C15H13BrN4O2. The van der Waals surface area contributed by atoms with Crippen LogP contribution in [-0.4, -0.2) is 17.1 Å². The predicted octanol–water partition coefficient (Wildman–Crippen LogP) is 2.71. The van der Waals surface area contributed by atoms with E-state index in [-0.39, 0.29) is 11.8 Å². The van der Waals surface area contributed by atoms with Crippen LogP contribution in [-0.2, 0) is 0 Å². The van der Waals surface area contributed by atoms with Gasteiger partial charge in [-0.2, -0.15) is 10.2 Å². The highest BCUT2D eigenvalue weighted by Gasteiger charge is 2.34. The van der Waals surface area contributed by atoms with Gasteiger partial charge >= 0.3 is 0 Å². The highest BCUT2D eigenvalue weighted by molar-refractivity contribution is 9.10. The summed E-state index contributed by atoms with van der Waals surface area (Å²) in [4.78, 5) is 7.43. The second-order valence-corrected chi connectivity index (χ2v) is 5.71. The summed E-state index contributed by atoms with van der Waals surface area (Å²) in [6.07, 6.45) is 0. The third-order valence-corrected chi connectivity index (χ3v) is 4.22. The van der Waals surface area contributed by atoms with Gasteiger partial charge < -0.3 is 20.2 Å². The molecule has 0 aliphatic carbocycles. The van der Waals surface area contributed by atoms with Crippen LogP contribution in [0.15, 0.2) is 34.1 Å². The molecule has 22 heavy (non-hydrogen) atoms. The molecule has 0 radical (unpaired) electrons. The molecule has 7 heteroatoms. The van der Waals surface area contributed by atoms with E-state index in [1.165, 1.54) is 0 Å². The average molecular weight is 361 g/mol. The van der Waals surface area contributed by atoms with Crippen molar-refractivity contribution in [1.82, 2.24) is 9.97 Å². The SMILES string of the molecule is COc1ccc(Br)c([C@H]2C(C#N)=C(N)Oc3nc(C)[nH]c32)c1. The van der Waals surface area contributed by atoms with Gasteiger partial charge in [-0.1, -0.05) is 15.9 Å². The number of rotatable bonds is 2. The number of fused-ring (bicyclic) bond motifs is 1. The zero-order valence-corrected chi connectivity index (χ0v) is 13.6. The van der Waals surface area contributed by atoms with Gasteiger partial charge in [0.15, 0.2) is 0 Å². The van der Waals surface area contributed by atoms with E-state index in [1.54, 1.807) is 7.11 Å². The fourth-order valence-electron chi connectivity index (χ4n) is 2.51. The fraction of sp³-hybridized carbons (Fsp3) is 0.200. The summed E-state index contributed by atoms with van der Waals surface area (Å²) in [5.41, 5.74) is 7.79. The second kappa shape index (κ2) is 5.39. The Morgan fingerprint density at radius 2 is 2.27 bits per heavy atom. The molecule has 112 valence electrons. The van der Waals surface area contributed by atoms with E-state index < -0.39 is 0 Å². The number of hydrogen-bond donors (Lipinski definition) is 2. The van der Waals surface area contributed by atoms with Crippen LogP contribution in [0, 0.1) is 18.3 Å². The summed E-state index contributed by atoms with van der Waals surface area (Å²) in [6.45, 7) is 1.82. The van der Waals surface area contributed by atoms with Crippen molar-refractivity contribution in [3.8, 4) is 17.7 Å². The number of benzene rings is 1. The lowest BCUT2D eigenvalue weighted by atomic mass is 9.87. The molecule has 1 aromatic heterocycles. The molecule has 1 aliphatic rings. The molecule has 0 unspecified atom stereocenters. The van der Waals surface area contributed by atoms with Crippen LogP contribution in [0.2, 0.25) is 0 Å². The molecule has 1 aliphatic heterocycles. The van der Waals surface area contributed by atoms with Crippen molar-refractivity contribution in [2.75, 3.05) is 7.11 Å². The Morgan fingerprint density at radius 3 is 2.95 bits per heavy atom. The first kappa shape index (κ1) is 14.5. The van der Waals surface area contributed by atoms with Crippen LogP contribution in [0.1, 0.15) is 23.0 Å². The number of hydrogen-bond acceptors (Lipinski definition) is 5. The number of ether oxygens (including phenoxy) is 2. The number of nitriles is 1. The molecule has 0 fully saturated rings. The van der Waals surface area contributed by atoms with Crippen molar-refractivity contribution < 1.29 is 9.47 Å². The molecule has 1 atom stereocenters. The summed E-state index contributed by atoms with van der Waals surface area (Å²) in [7, 11) is 1.60. The van der Waals surface area contributed by atoms with Gasteiger partial charge in [0.05, 0.1) is 18.7 Å². The number of aromatic amines is 1. The third-order valence-electron chi connectivity index (χ3n) is 3.50. The van der Waals surface area contributed by atoms with Gasteiger partial charge in [0.1, 0.15) is 23.2 Å². The second-order valence-electron chi connectivity index (χ2n) is 4.85. The first-order chi connectivity index (χ1) is 10.5. The number of aromatic nitrogens is 2. The number of nitrogens with one attached hydrogen (secondary N) is 1. The Labute approximate surface area is 135 Å². The molecule has 0 spiro atoms. The minimum absolute atomic E-state index is 0.0706. The zero-order chi connectivity index (χ0) is 15.9. The number of aryl methyl sites for hydroxylation is 1. The number of nitrogens with zero attached hydrogens (tertiary/aromatic N) is 2. The van der Waals surface area contributed by atoms with Gasteiger partial charge in [0, 0.05) is 4.47 Å². The van der Waals surface area contributed by atoms with Crippen LogP contribution >= 0.6 is 15.9 Å². The summed E-state index contributed by atoms with van der Waals surface area (Å²) < 4.78 is 11.6. The molecule has 0 saturated carbocycles. The Bertz CT molecular complexity index is 819. The van der Waals surface area contributed by atoms with Gasteiger partial charge in [-0.15, -0.1) is 0 Å². The smallest absolute Gasteiger partial charge is 0.243 e. The minimum Gasteiger partial charge on any atom is -0.497 e. The molecule has 6 nitrogen and oxygen atoms in total. The van der Waals surface area contributed by atoms with Crippen molar-refractivity contribution in [2.24, 2.45) is 5.73 Å². The summed E-state index contributed by atoms with van der Waals surface area (Å²) >= 11 is 3.53. The molecule has 3 rings (SSSR count). The normalized spacial score (nSPS) is 16.7. The quantitative estimate of drug-likeness (QED) is 0.857. The number of halogens is 1. The largest absolute Gasteiger partial charge is 0.497 e. The van der Waals surface area contributed by atoms with E-state index in [0.717, 1.165) is 10.0 Å². The van der Waals surface area contributed by atoms with E-state index in [0.29, 0.717) is 28.7 Å². The standard InChI is InChI=1S/C15H13BrN4O2/c1-7-19-13-12(9-5-8(21-2)3-4-11(9)16)10(6-17)14(18)22-15(13)20-7/h3-5,12H,18H2,1-2H3,(H,19,20)/t12-/m0/s1. The highest BCUT2D eigenvalue weighted by atomic mass is 79.9. The van der Waals surface area contributed by atoms with Gasteiger partial charge in [0.2, 0.25) is 11.8 Å². The Hall–Kier alpha value is -2.46. The van der Waals surface area contributed by atoms with Crippen LogP contribution in [0.4, 0.5) is 0 Å². The lowest BCUT2D eigenvalue weighted by Crippen LogP contribution is -2.21. The summed E-state index contributed by atoms with van der Waals surface area (Å²) in [6, 6.07) is 7.71. The third kappa shape index (κ3) is 2.22. The van der Waals surface area contributed by atoms with Crippen molar-refractivity contribution in [1.29, 1.82) is 5.26 Å². The maximum absolute atomic E-state index is 9.49. The lowest BCUT2D eigenvalue weighted by Gasteiger charge is -2.23. The number of nitrogens with two attached hydrogens (primary N) is 1. The van der Waals surface area contributed by atoms with Crippen molar-refractivity contribution in [2.45, 2.75) is 12.8 Å². The number of allylic oxidation sites excluding steroid dienone is 1. The van der Waals surface area contributed by atoms with Crippen molar-refractivity contribution >= 4 is 15.9 Å². The van der Waals surface area contributed by atoms with Gasteiger partial charge in [-0.25, -0.2) is 0 Å². The van der Waals surface area contributed by atoms with E-state index in [1.807, 2.05) is 25.1 Å². The number of imidazole rings is 1. The summed E-state index contributed by atoms with van der Waals surface area (Å²) in [5, 5.41) is 9.49. The average Bonchev–Trinajstić information content (AvgIpc) is 2.86. The predicted molar refractivity (Wildman–Crippen MR) is 83.3 cm³/mol. The van der Waals surface area contributed by atoms with Gasteiger partial charge in [-0.3, -0.25) is 0 Å². The Balaban J connectivity index is 2.25. The lowest BCUT2D eigenvalue weighted by molar-refractivity contribution is 0.379. The molecule has 0 amide bonds. The van der Waals surface area contributed by atoms with E-state index in [2.05, 4.69) is 32.0 Å². The van der Waals surface area contributed by atoms with Gasteiger partial charge in [-0.05, 0) is 30.7 Å². The molecule has 0 bridgehead atoms. The maximum Gasteiger partial charge on any atom is 0.243 e. The number of H-pyrrole nitrogens is 1. The van der Waals surface area contributed by atoms with Crippen LogP contribution in [0.25, 0.3) is 0 Å². The van der Waals surface area contributed by atoms with Crippen molar-refractivity contribution in [3.63, 3.8) is 0 Å². The molecule has 2 aromatic rings. The van der Waals surface area contributed by atoms with E-state index in [9.17, 15) is 5.26 Å². The molecular weight excluding hydrogens is 348 g/mol. The van der Waals surface area contributed by atoms with E-state index >= 15 is 0 Å². The molecule has 0 saturated heterocycles. The fourth-order valence-corrected chi connectivity index (χ4v) is 2.98. The van der Waals surface area contributed by atoms with E-state index in [4.69, 9.17) is 15.2 Å². The van der Waals surface area contributed by atoms with Crippen LogP contribution in [0.3, 0.4) is 0 Å². The number of methoxy groups -OCH3 is 1. The van der Waals surface area contributed by atoms with Crippen LogP contribution in [0.5, 0.6) is 11.6 Å². The minimum atomic E-state index is -0.389. The first-order valence-electron chi connectivity index (χ1n) is 6.52. The molecule has 3 N–H and O–H groups in total. The maximum atomic E-state index is 9.49. The van der Waals surface area contributed by atoms with Crippen molar-refractivity contribution in [3.05, 3.63) is 51.2 Å². The first-order valence-corrected chi connectivity index (χ1v) is 7.32. The monoisotopic (exact) mass is 360 g/mol. The highest BCUT2D eigenvalue weighted by Crippen LogP contribution is 2.43. The Kier molecular flexibility index (Phi) is 3.54. The summed E-state index contributed by atoms with van der Waals surface area (Å²) in [5.74, 6) is 1.47. The van der Waals surface area contributed by atoms with Crippen LogP contribution < -0.4 is 15.2 Å². The molecule has 1 aromatic carbocycles. The molecule has 2 heterocycles. The Morgan fingerprint density at radius 1 is 1.50 bits per heavy atom. The topological polar surface area (TPSA) is 96.9 Å². The van der Waals surface area contributed by atoms with Gasteiger partial charge in [0.25, 0.3) is 0 Å².